The Bertz CT molecular complexity index is 520. The maximum atomic E-state index is 5.58. The lowest BCUT2D eigenvalue weighted by Crippen LogP contribution is -2.00. The summed E-state index contributed by atoms with van der Waals surface area (Å²) in [4.78, 5) is 4.01. The molecule has 0 aliphatic rings. The van der Waals surface area contributed by atoms with Crippen LogP contribution in [0.15, 0.2) is 18.2 Å². The fraction of sp³-hybridized carbons (Fsp3) is 0.200. The Morgan fingerprint density at radius 2 is 2.06 bits per heavy atom. The lowest BCUT2D eigenvalue weighted by Gasteiger charge is -2.05. The highest BCUT2D eigenvalue weighted by molar-refractivity contribution is 5.58. The quantitative estimate of drug-likeness (QED) is 0.788. The Morgan fingerprint density at radius 1 is 1.31 bits per heavy atom. The third kappa shape index (κ3) is 1.90. The summed E-state index contributed by atoms with van der Waals surface area (Å²) in [5.74, 6) is 1.26. The first-order valence-electron chi connectivity index (χ1n) is 4.77. The minimum Gasteiger partial charge on any atom is -0.421 e. The molecule has 0 spiro atoms. The minimum atomic E-state index is 0.261. The normalized spacial score (nSPS) is 10.4. The number of nitrogen functional groups attached to an aromatic ring is 2. The van der Waals surface area contributed by atoms with Crippen LogP contribution in [-0.4, -0.2) is 14.8 Å². The molecule has 0 radical (unpaired) electrons. The monoisotopic (exact) mass is 219 g/mol. The average molecular weight is 219 g/mol. The lowest BCUT2D eigenvalue weighted by atomic mass is 10.4. The van der Waals surface area contributed by atoms with Gasteiger partial charge in [-0.15, -0.1) is 0 Å². The van der Waals surface area contributed by atoms with Crippen LogP contribution in [0.5, 0.6) is 11.8 Å². The number of aryl methyl sites for hydroxylation is 2. The number of ether oxygens (including phenoxy) is 1. The molecule has 6 heteroatoms. The fourth-order valence-electron chi connectivity index (χ4n) is 1.31. The van der Waals surface area contributed by atoms with Crippen LogP contribution in [0.1, 0.15) is 5.69 Å². The number of pyridine rings is 1. The average Bonchev–Trinajstić information content (AvgIpc) is 2.51. The van der Waals surface area contributed by atoms with E-state index >= 15 is 0 Å². The van der Waals surface area contributed by atoms with E-state index in [-0.39, 0.29) is 5.82 Å². The first-order chi connectivity index (χ1) is 7.56. The van der Waals surface area contributed by atoms with Gasteiger partial charge < -0.3 is 16.2 Å². The second-order valence-corrected chi connectivity index (χ2v) is 3.47. The molecule has 2 rings (SSSR count). The fourth-order valence-corrected chi connectivity index (χ4v) is 1.31. The van der Waals surface area contributed by atoms with Gasteiger partial charge in [0.2, 0.25) is 11.8 Å². The van der Waals surface area contributed by atoms with E-state index < -0.39 is 0 Å². The molecule has 0 saturated carbocycles. The van der Waals surface area contributed by atoms with Gasteiger partial charge in [0.25, 0.3) is 0 Å². The summed E-state index contributed by atoms with van der Waals surface area (Å²) in [6.45, 7) is 1.89. The van der Waals surface area contributed by atoms with Crippen molar-refractivity contribution in [3.05, 3.63) is 23.9 Å². The zero-order valence-electron chi connectivity index (χ0n) is 9.14. The van der Waals surface area contributed by atoms with E-state index in [2.05, 4.69) is 10.1 Å². The molecule has 4 N–H and O–H groups in total. The van der Waals surface area contributed by atoms with Gasteiger partial charge in [0, 0.05) is 19.2 Å². The summed E-state index contributed by atoms with van der Waals surface area (Å²) < 4.78 is 7.15. The lowest BCUT2D eigenvalue weighted by molar-refractivity contribution is 0.416. The molecule has 0 aliphatic carbocycles. The number of hydrogen-bond acceptors (Lipinski definition) is 5. The SMILES string of the molecule is Cc1cc(Oc2ccc(N)c(N)n2)n(C)n1. The molecule has 6 nitrogen and oxygen atoms in total. The summed E-state index contributed by atoms with van der Waals surface area (Å²) in [6.07, 6.45) is 0. The Balaban J connectivity index is 2.27. The molecule has 2 aromatic heterocycles. The number of nitrogens with zero attached hydrogens (tertiary/aromatic N) is 3. The van der Waals surface area contributed by atoms with Crippen molar-refractivity contribution in [2.24, 2.45) is 7.05 Å². The van der Waals surface area contributed by atoms with E-state index in [9.17, 15) is 0 Å². The summed E-state index contributed by atoms with van der Waals surface area (Å²) >= 11 is 0. The minimum absolute atomic E-state index is 0.261. The summed E-state index contributed by atoms with van der Waals surface area (Å²) in [5.41, 5.74) is 12.4. The predicted octanol–water partition coefficient (Wildman–Crippen LogP) is 1.08. The number of aromatic nitrogens is 3. The van der Waals surface area contributed by atoms with Gasteiger partial charge in [0.05, 0.1) is 11.4 Å². The van der Waals surface area contributed by atoms with Crippen LogP contribution in [0.3, 0.4) is 0 Å². The van der Waals surface area contributed by atoms with Crippen molar-refractivity contribution in [3.8, 4) is 11.8 Å². The number of anilines is 2. The van der Waals surface area contributed by atoms with Crippen molar-refractivity contribution in [2.75, 3.05) is 11.5 Å². The zero-order valence-corrected chi connectivity index (χ0v) is 9.14. The van der Waals surface area contributed by atoms with Gasteiger partial charge in [-0.2, -0.15) is 10.1 Å². The smallest absolute Gasteiger partial charge is 0.223 e. The van der Waals surface area contributed by atoms with Crippen LogP contribution in [0, 0.1) is 6.92 Å². The molecule has 84 valence electrons. The molecule has 2 heterocycles. The first kappa shape index (κ1) is 10.3. The highest BCUT2D eigenvalue weighted by Gasteiger charge is 2.06. The molecule has 0 aromatic carbocycles. The molecule has 2 aromatic rings. The predicted molar refractivity (Wildman–Crippen MR) is 61.1 cm³/mol. The third-order valence-corrected chi connectivity index (χ3v) is 2.10. The van der Waals surface area contributed by atoms with E-state index in [0.717, 1.165) is 5.69 Å². The van der Waals surface area contributed by atoms with Gasteiger partial charge >= 0.3 is 0 Å². The van der Waals surface area contributed by atoms with Gasteiger partial charge in [-0.1, -0.05) is 0 Å². The number of hydrogen-bond donors (Lipinski definition) is 2. The van der Waals surface area contributed by atoms with Crippen LogP contribution in [0.25, 0.3) is 0 Å². The van der Waals surface area contributed by atoms with Gasteiger partial charge in [-0.25, -0.2) is 4.68 Å². The highest BCUT2D eigenvalue weighted by atomic mass is 16.5. The highest BCUT2D eigenvalue weighted by Crippen LogP contribution is 2.22. The Labute approximate surface area is 92.8 Å². The summed E-state index contributed by atoms with van der Waals surface area (Å²) in [6, 6.07) is 5.13. The van der Waals surface area contributed by atoms with E-state index in [1.165, 1.54) is 0 Å². The summed E-state index contributed by atoms with van der Waals surface area (Å²) in [7, 11) is 1.79. The third-order valence-electron chi connectivity index (χ3n) is 2.10. The van der Waals surface area contributed by atoms with E-state index in [0.29, 0.717) is 17.4 Å². The molecule has 0 aliphatic heterocycles. The van der Waals surface area contributed by atoms with Crippen molar-refractivity contribution in [1.29, 1.82) is 0 Å². The van der Waals surface area contributed by atoms with E-state index in [4.69, 9.17) is 16.2 Å². The molecule has 0 unspecified atom stereocenters. The molecular weight excluding hydrogens is 206 g/mol. The molecule has 0 bridgehead atoms. The first-order valence-corrected chi connectivity index (χ1v) is 4.77. The van der Waals surface area contributed by atoms with Crippen LogP contribution in [0.4, 0.5) is 11.5 Å². The van der Waals surface area contributed by atoms with Crippen LogP contribution in [0.2, 0.25) is 0 Å². The van der Waals surface area contributed by atoms with E-state index in [1.54, 1.807) is 23.9 Å². The maximum Gasteiger partial charge on any atom is 0.223 e. The Hall–Kier alpha value is -2.24. The molecule has 16 heavy (non-hydrogen) atoms. The molecule has 0 atom stereocenters. The molecule has 0 saturated heterocycles. The number of nitrogens with two attached hydrogens (primary N) is 2. The van der Waals surface area contributed by atoms with Crippen molar-refractivity contribution in [1.82, 2.24) is 14.8 Å². The van der Waals surface area contributed by atoms with Crippen molar-refractivity contribution >= 4 is 11.5 Å². The second-order valence-electron chi connectivity index (χ2n) is 3.47. The number of rotatable bonds is 2. The maximum absolute atomic E-state index is 5.58. The van der Waals surface area contributed by atoms with Crippen molar-refractivity contribution < 1.29 is 4.74 Å². The topological polar surface area (TPSA) is 92.0 Å². The van der Waals surface area contributed by atoms with Gasteiger partial charge in [0.1, 0.15) is 0 Å². The van der Waals surface area contributed by atoms with E-state index in [1.807, 2.05) is 13.0 Å². The molecule has 0 amide bonds. The van der Waals surface area contributed by atoms with Crippen LogP contribution >= 0.6 is 0 Å². The van der Waals surface area contributed by atoms with Crippen LogP contribution < -0.4 is 16.2 Å². The largest absolute Gasteiger partial charge is 0.421 e. The Morgan fingerprint density at radius 3 is 2.62 bits per heavy atom. The van der Waals surface area contributed by atoms with Crippen LogP contribution in [-0.2, 0) is 7.05 Å². The van der Waals surface area contributed by atoms with Crippen molar-refractivity contribution in [2.45, 2.75) is 6.92 Å². The Kier molecular flexibility index (Phi) is 2.40. The van der Waals surface area contributed by atoms with Gasteiger partial charge in [-0.3, -0.25) is 0 Å². The second kappa shape index (κ2) is 3.73. The van der Waals surface area contributed by atoms with Crippen molar-refractivity contribution in [3.63, 3.8) is 0 Å². The zero-order chi connectivity index (χ0) is 11.7. The standard InChI is InChI=1S/C10H13N5O/c1-6-5-9(15(2)14-6)16-8-4-3-7(11)10(12)13-8/h3-5H,11H2,1-2H3,(H2,12,13). The van der Waals surface area contributed by atoms with Gasteiger partial charge in [-0.05, 0) is 13.0 Å². The molecule has 0 fully saturated rings. The summed E-state index contributed by atoms with van der Waals surface area (Å²) in [5, 5.41) is 4.16. The molecular formula is C10H13N5O. The van der Waals surface area contributed by atoms with Gasteiger partial charge in [0.15, 0.2) is 5.82 Å².